The molecule has 0 aliphatic rings. The van der Waals surface area contributed by atoms with Crippen molar-refractivity contribution in [2.24, 2.45) is 0 Å². The van der Waals surface area contributed by atoms with Crippen molar-refractivity contribution in [2.75, 3.05) is 7.11 Å². The van der Waals surface area contributed by atoms with E-state index in [4.69, 9.17) is 4.74 Å². The number of ether oxygens (including phenoxy) is 1. The van der Waals surface area contributed by atoms with Crippen LogP contribution in [0.15, 0.2) is 48.7 Å². The molecule has 0 unspecified atom stereocenters. The van der Waals surface area contributed by atoms with Gasteiger partial charge in [0.2, 0.25) is 0 Å². The molecule has 2 aromatic heterocycles. The Balaban J connectivity index is 2.11. The van der Waals surface area contributed by atoms with Gasteiger partial charge in [-0.2, -0.15) is 5.10 Å². The summed E-state index contributed by atoms with van der Waals surface area (Å²) in [5.74, 6) is 0.734. The second kappa shape index (κ2) is 5.40. The lowest BCUT2D eigenvalue weighted by Crippen LogP contribution is -2.04. The number of hydrogen-bond donors (Lipinski definition) is 0. The van der Waals surface area contributed by atoms with Gasteiger partial charge in [-0.3, -0.25) is 4.79 Å². The molecule has 0 aliphatic heterocycles. The van der Waals surface area contributed by atoms with Crippen molar-refractivity contribution in [1.29, 1.82) is 0 Å². The molecule has 21 heavy (non-hydrogen) atoms. The first kappa shape index (κ1) is 13.4. The molecule has 0 spiro atoms. The number of carbonyl (C=O) groups is 1. The van der Waals surface area contributed by atoms with Crippen LogP contribution in [0.1, 0.15) is 28.5 Å². The van der Waals surface area contributed by atoms with Crippen molar-refractivity contribution in [3.63, 3.8) is 0 Å². The Bertz CT molecular complexity index is 788. The Labute approximate surface area is 123 Å². The Hall–Kier alpha value is -2.62. The number of hydrogen-bond acceptors (Lipinski definition) is 3. The lowest BCUT2D eigenvalue weighted by molar-refractivity contribution is 0.103. The Morgan fingerprint density at radius 2 is 1.95 bits per heavy atom. The number of ketones is 1. The summed E-state index contributed by atoms with van der Waals surface area (Å²) in [7, 11) is 1.61. The van der Waals surface area contributed by atoms with Gasteiger partial charge in [0.25, 0.3) is 0 Å². The van der Waals surface area contributed by atoms with Crippen LogP contribution in [-0.2, 0) is 6.42 Å². The molecule has 0 atom stereocenters. The zero-order valence-corrected chi connectivity index (χ0v) is 12.0. The summed E-state index contributed by atoms with van der Waals surface area (Å²) in [6.45, 7) is 2.01. The minimum Gasteiger partial charge on any atom is -0.497 e. The standard InChI is InChI=1S/C17H16N2O2/c1-3-14-16(15-6-4-5-11-19(15)18-14)17(20)12-7-9-13(21-2)10-8-12/h4-11H,3H2,1-2H3. The SMILES string of the molecule is CCc1nn2ccccc2c1C(=O)c1ccc(OC)cc1. The Kier molecular flexibility index (Phi) is 3.44. The number of aryl methyl sites for hydroxylation is 1. The number of carbonyl (C=O) groups excluding carboxylic acids is 1. The molecule has 106 valence electrons. The van der Waals surface area contributed by atoms with Crippen LogP contribution in [0, 0.1) is 0 Å². The largest absolute Gasteiger partial charge is 0.497 e. The summed E-state index contributed by atoms with van der Waals surface area (Å²) in [6.07, 6.45) is 2.58. The minimum atomic E-state index is -0.00398. The number of fused-ring (bicyclic) bond motifs is 1. The van der Waals surface area contributed by atoms with E-state index in [0.29, 0.717) is 11.1 Å². The van der Waals surface area contributed by atoms with Gasteiger partial charge >= 0.3 is 0 Å². The van der Waals surface area contributed by atoms with Crippen LogP contribution in [-0.4, -0.2) is 22.5 Å². The molecule has 3 aromatic rings. The fourth-order valence-corrected chi connectivity index (χ4v) is 2.43. The van der Waals surface area contributed by atoms with E-state index in [1.165, 1.54) is 0 Å². The fraction of sp³-hybridized carbons (Fsp3) is 0.176. The predicted octanol–water partition coefficient (Wildman–Crippen LogP) is 3.14. The summed E-state index contributed by atoms with van der Waals surface area (Å²) in [5.41, 5.74) is 2.99. The highest BCUT2D eigenvalue weighted by atomic mass is 16.5. The van der Waals surface area contributed by atoms with Gasteiger partial charge in [-0.15, -0.1) is 0 Å². The third kappa shape index (κ3) is 2.29. The molecule has 0 fully saturated rings. The molecule has 1 aromatic carbocycles. The van der Waals surface area contributed by atoms with Crippen LogP contribution >= 0.6 is 0 Å². The van der Waals surface area contributed by atoms with Crippen LogP contribution in [0.3, 0.4) is 0 Å². The van der Waals surface area contributed by atoms with E-state index >= 15 is 0 Å². The first-order chi connectivity index (χ1) is 10.2. The third-order valence-corrected chi connectivity index (χ3v) is 3.53. The van der Waals surface area contributed by atoms with Gasteiger partial charge in [0.15, 0.2) is 5.78 Å². The first-order valence-corrected chi connectivity index (χ1v) is 6.89. The van der Waals surface area contributed by atoms with E-state index in [1.807, 2.05) is 31.3 Å². The van der Waals surface area contributed by atoms with E-state index in [9.17, 15) is 4.79 Å². The van der Waals surface area contributed by atoms with E-state index in [2.05, 4.69) is 5.10 Å². The van der Waals surface area contributed by atoms with Gasteiger partial charge in [-0.25, -0.2) is 4.52 Å². The summed E-state index contributed by atoms with van der Waals surface area (Å²) in [4.78, 5) is 12.8. The molecule has 0 N–H and O–H groups in total. The number of aromatic nitrogens is 2. The van der Waals surface area contributed by atoms with Crippen molar-refractivity contribution in [2.45, 2.75) is 13.3 Å². The summed E-state index contributed by atoms with van der Waals surface area (Å²) < 4.78 is 6.89. The zero-order chi connectivity index (χ0) is 14.8. The van der Waals surface area contributed by atoms with Crippen LogP contribution in [0.5, 0.6) is 5.75 Å². The molecule has 0 bridgehead atoms. The van der Waals surface area contributed by atoms with Gasteiger partial charge in [0, 0.05) is 11.8 Å². The molecule has 4 nitrogen and oxygen atoms in total. The molecule has 0 saturated carbocycles. The summed E-state index contributed by atoms with van der Waals surface area (Å²) in [5, 5.41) is 4.48. The number of methoxy groups -OCH3 is 1. The normalized spacial score (nSPS) is 10.8. The van der Waals surface area contributed by atoms with Crippen molar-refractivity contribution in [3.8, 4) is 5.75 Å². The number of pyridine rings is 1. The van der Waals surface area contributed by atoms with Crippen molar-refractivity contribution < 1.29 is 9.53 Å². The third-order valence-electron chi connectivity index (χ3n) is 3.53. The van der Waals surface area contributed by atoms with Gasteiger partial charge in [0.1, 0.15) is 5.75 Å². The molecule has 0 amide bonds. The van der Waals surface area contributed by atoms with Gasteiger partial charge in [-0.1, -0.05) is 13.0 Å². The number of rotatable bonds is 4. The van der Waals surface area contributed by atoms with E-state index in [-0.39, 0.29) is 5.78 Å². The van der Waals surface area contributed by atoms with Crippen molar-refractivity contribution in [1.82, 2.24) is 9.61 Å². The van der Waals surface area contributed by atoms with Gasteiger partial charge < -0.3 is 4.74 Å². The average Bonchev–Trinajstić information content (AvgIpc) is 2.92. The maximum absolute atomic E-state index is 12.8. The van der Waals surface area contributed by atoms with E-state index < -0.39 is 0 Å². The molecule has 4 heteroatoms. The lowest BCUT2D eigenvalue weighted by Gasteiger charge is -2.03. The van der Waals surface area contributed by atoms with Gasteiger partial charge in [0.05, 0.1) is 23.9 Å². The van der Waals surface area contributed by atoms with Crippen molar-refractivity contribution >= 4 is 11.3 Å². The van der Waals surface area contributed by atoms with Crippen LogP contribution in [0.25, 0.3) is 5.52 Å². The number of nitrogens with zero attached hydrogens (tertiary/aromatic N) is 2. The maximum atomic E-state index is 12.8. The zero-order valence-electron chi connectivity index (χ0n) is 12.0. The van der Waals surface area contributed by atoms with E-state index in [1.54, 1.807) is 35.9 Å². The van der Waals surface area contributed by atoms with Crippen molar-refractivity contribution in [3.05, 3.63) is 65.5 Å². The highest BCUT2D eigenvalue weighted by Crippen LogP contribution is 2.21. The maximum Gasteiger partial charge on any atom is 0.197 e. The van der Waals surface area contributed by atoms with E-state index in [0.717, 1.165) is 23.4 Å². The highest BCUT2D eigenvalue weighted by molar-refractivity contribution is 6.14. The lowest BCUT2D eigenvalue weighted by atomic mass is 10.0. The Morgan fingerprint density at radius 3 is 2.62 bits per heavy atom. The second-order valence-corrected chi connectivity index (χ2v) is 4.76. The monoisotopic (exact) mass is 280 g/mol. The number of benzene rings is 1. The Morgan fingerprint density at radius 1 is 1.19 bits per heavy atom. The van der Waals surface area contributed by atoms with Crippen LogP contribution in [0.2, 0.25) is 0 Å². The molecule has 0 aliphatic carbocycles. The molecule has 0 saturated heterocycles. The average molecular weight is 280 g/mol. The highest BCUT2D eigenvalue weighted by Gasteiger charge is 2.19. The predicted molar refractivity (Wildman–Crippen MR) is 81.0 cm³/mol. The summed E-state index contributed by atoms with van der Waals surface area (Å²) in [6, 6.07) is 12.9. The fourth-order valence-electron chi connectivity index (χ4n) is 2.43. The molecular formula is C17H16N2O2. The van der Waals surface area contributed by atoms with Crippen LogP contribution in [0.4, 0.5) is 0 Å². The second-order valence-electron chi connectivity index (χ2n) is 4.76. The molecule has 3 rings (SSSR count). The quantitative estimate of drug-likeness (QED) is 0.690. The molecule has 0 radical (unpaired) electrons. The smallest absolute Gasteiger partial charge is 0.197 e. The van der Waals surface area contributed by atoms with Gasteiger partial charge in [-0.05, 0) is 42.8 Å². The first-order valence-electron chi connectivity index (χ1n) is 6.89. The summed E-state index contributed by atoms with van der Waals surface area (Å²) >= 11 is 0. The molecular weight excluding hydrogens is 264 g/mol. The topological polar surface area (TPSA) is 43.6 Å². The van der Waals surface area contributed by atoms with Crippen LogP contribution < -0.4 is 4.74 Å². The minimum absolute atomic E-state index is 0.00398. The molecule has 2 heterocycles.